The molecular weight excluding hydrogens is 1730 g/mol. The number of aromatic amines is 1. The molecule has 0 radical (unpaired) electrons. The van der Waals surface area contributed by atoms with Gasteiger partial charge in [-0.3, -0.25) is 28.8 Å². The van der Waals surface area contributed by atoms with Gasteiger partial charge < -0.3 is 83.7 Å². The van der Waals surface area contributed by atoms with Crippen LogP contribution in [-0.2, 0) is 84.9 Å². The lowest BCUT2D eigenvalue weighted by molar-refractivity contribution is -0.265. The Hall–Kier alpha value is -12.2. The summed E-state index contributed by atoms with van der Waals surface area (Å²) in [7, 11) is 4.52. The van der Waals surface area contributed by atoms with Gasteiger partial charge in [0.25, 0.3) is 23.5 Å². The van der Waals surface area contributed by atoms with E-state index in [1.165, 1.54) is 18.3 Å². The maximum absolute atomic E-state index is 14.9. The van der Waals surface area contributed by atoms with Gasteiger partial charge in [0.2, 0.25) is 23.6 Å². The number of amides is 4. The van der Waals surface area contributed by atoms with Gasteiger partial charge in [0.05, 0.1) is 53.6 Å². The Balaban J connectivity index is 0.488. The summed E-state index contributed by atoms with van der Waals surface area (Å²) in [5.41, 5.74) is 16.2. The number of methoxy groups -OCH3 is 3. The summed E-state index contributed by atoms with van der Waals surface area (Å²) in [6.45, 7) is 18.8. The van der Waals surface area contributed by atoms with E-state index in [-0.39, 0.29) is 67.6 Å². The van der Waals surface area contributed by atoms with Gasteiger partial charge in [-0.05, 0) is 142 Å². The maximum atomic E-state index is 14.9. The Kier molecular flexibility index (Phi) is 30.1. The minimum Gasteiger partial charge on any atom is -0.460 e. The van der Waals surface area contributed by atoms with Gasteiger partial charge in [-0.2, -0.15) is 5.10 Å². The number of nitrogen functional groups attached to an aromatic ring is 1. The fraction of sp³-hybridized carbons (Fsp3) is 0.535. The summed E-state index contributed by atoms with van der Waals surface area (Å²) in [6.07, 6.45) is 23.6. The Morgan fingerprint density at radius 2 is 1.36 bits per heavy atom. The normalized spacial score (nSPS) is 28.0. The molecular formula is C99H124N20O16. The molecule has 1 aliphatic carbocycles. The zero-order valence-electron chi connectivity index (χ0n) is 78.6. The van der Waals surface area contributed by atoms with E-state index >= 15 is 0 Å². The van der Waals surface area contributed by atoms with E-state index in [0.29, 0.717) is 206 Å². The number of nitrogens with one attached hydrogen (secondary N) is 1. The number of anilines is 4. The molecule has 4 saturated heterocycles. The molecule has 5 N–H and O–H groups in total. The monoisotopic (exact) mass is 1850 g/mol. The summed E-state index contributed by atoms with van der Waals surface area (Å²) in [5.74, 6) is -7.17. The van der Waals surface area contributed by atoms with Crippen LogP contribution in [0.25, 0.3) is 33.3 Å². The van der Waals surface area contributed by atoms with Crippen molar-refractivity contribution in [2.75, 3.05) is 114 Å². The number of benzene rings is 1. The number of piperidine rings is 1. The van der Waals surface area contributed by atoms with Crippen LogP contribution >= 0.6 is 0 Å². The van der Waals surface area contributed by atoms with Crippen molar-refractivity contribution >= 4 is 92.9 Å². The predicted molar refractivity (Wildman–Crippen MR) is 501 cm³/mol. The summed E-state index contributed by atoms with van der Waals surface area (Å²) in [4.78, 5) is 172. The number of aliphatic hydroxyl groups is 2. The highest BCUT2D eigenvalue weighted by Crippen LogP contribution is 2.41. The van der Waals surface area contributed by atoms with Crippen LogP contribution in [0, 0.1) is 35.5 Å². The molecule has 1 aromatic carbocycles. The number of ketones is 3. The number of fused-ring (bicyclic) bond motifs is 7. The van der Waals surface area contributed by atoms with E-state index in [2.05, 4.69) is 67.9 Å². The van der Waals surface area contributed by atoms with E-state index < -0.39 is 102 Å². The largest absolute Gasteiger partial charge is 0.460 e. The van der Waals surface area contributed by atoms with Gasteiger partial charge in [-0.25, -0.2) is 59.1 Å². The molecule has 14 heterocycles. The highest BCUT2D eigenvalue weighted by atomic mass is 16.6. The molecule has 4 amide bonds. The molecule has 36 heteroatoms. The van der Waals surface area contributed by atoms with Gasteiger partial charge in [0, 0.05) is 197 Å². The molecule has 716 valence electrons. The van der Waals surface area contributed by atoms with Crippen LogP contribution < -0.4 is 20.4 Å². The smallest absolute Gasteiger partial charge is 0.410 e. The second-order valence-corrected chi connectivity index (χ2v) is 37.7. The number of aliphatic hydroxyl groups excluding tert-OH is 1. The SMILES string of the molecule is CO[C@H]1C[C@@H]2CC[C@@H](C)[C@@](O)(O2)C(=O)C(=O)N2CCCC[C@H]2C(=O)O[C@H]([C@H](C)C[C@@H]2CC[C@@H](OC(=O)N3CCc4nc(N5CCN(c6ncc(C(=O)N7CCN(c8ncc(C(=O)N9CCc%10cc(Cn%11nc(-c%12cnc%13[nH]ccc%13c%12)c%12c(N)ncnc%12%11)ccc%10C9)cn8)CC7)cn6)CC5)ncc4C3)[C@H](OC)C2)CC(=O)[C@H](C)/C=C(\C)[C@@H](O)[C@@H](OC)C(=O)[C@H](C)C[C@H](C)/C=C/C=C/C=C/1C. The number of hydrogen-bond acceptors (Lipinski definition) is 30. The van der Waals surface area contributed by atoms with Crippen LogP contribution in [0.4, 0.5) is 28.5 Å². The minimum atomic E-state index is -2.49. The number of rotatable bonds is 15. The average Bonchev–Trinajstić information content (AvgIpc) is 1.71. The highest BCUT2D eigenvalue weighted by Gasteiger charge is 2.54. The molecule has 8 aliphatic rings. The van der Waals surface area contributed by atoms with Crippen LogP contribution in [-0.4, -0.2) is 284 Å². The lowest BCUT2D eigenvalue weighted by Crippen LogP contribution is -2.61. The average molecular weight is 1850 g/mol. The predicted octanol–water partition coefficient (Wildman–Crippen LogP) is 9.55. The van der Waals surface area contributed by atoms with Crippen molar-refractivity contribution in [3.8, 4) is 11.3 Å². The third-order valence-corrected chi connectivity index (χ3v) is 28.5. The number of nitrogens with zero attached hydrogens (tertiary/aromatic N) is 18. The van der Waals surface area contributed by atoms with Crippen molar-refractivity contribution < 1.29 is 77.0 Å². The Bertz CT molecular complexity index is 5790. The Morgan fingerprint density at radius 1 is 0.667 bits per heavy atom. The Morgan fingerprint density at radius 3 is 2.08 bits per heavy atom. The molecule has 1 saturated carbocycles. The van der Waals surface area contributed by atoms with Crippen LogP contribution in [0.3, 0.4) is 0 Å². The number of cyclic esters (lactones) is 1. The molecule has 0 spiro atoms. The maximum Gasteiger partial charge on any atom is 0.410 e. The van der Waals surface area contributed by atoms with E-state index in [9.17, 15) is 48.6 Å². The lowest BCUT2D eigenvalue weighted by Gasteiger charge is -2.42. The molecule has 5 fully saturated rings. The first-order valence-electron chi connectivity index (χ1n) is 47.4. The van der Waals surface area contributed by atoms with Crippen molar-refractivity contribution in [2.45, 2.75) is 213 Å². The molecule has 16 rings (SSSR count). The number of aromatic nitrogens is 12. The van der Waals surface area contributed by atoms with Gasteiger partial charge in [0.1, 0.15) is 59.7 Å². The number of pyridine rings is 1. The van der Waals surface area contributed by atoms with Crippen LogP contribution in [0.15, 0.2) is 128 Å². The van der Waals surface area contributed by atoms with E-state index in [4.69, 9.17) is 49.2 Å². The van der Waals surface area contributed by atoms with Gasteiger partial charge in [0.15, 0.2) is 11.4 Å². The third kappa shape index (κ3) is 21.5. The minimum absolute atomic E-state index is 0.0253. The topological polar surface area (TPSA) is 431 Å². The number of carbonyl (C=O) groups excluding carboxylic acids is 8. The number of allylic oxidation sites excluding steroid dienone is 6. The first-order valence-corrected chi connectivity index (χ1v) is 47.4. The van der Waals surface area contributed by atoms with Gasteiger partial charge in [-0.1, -0.05) is 89.3 Å². The Labute approximate surface area is 784 Å². The summed E-state index contributed by atoms with van der Waals surface area (Å²) in [6, 6.07) is 9.05. The first kappa shape index (κ1) is 95.9. The number of piperazine rings is 2. The molecule has 7 aromatic heterocycles. The molecule has 36 nitrogen and oxygen atoms in total. The van der Waals surface area contributed by atoms with Crippen LogP contribution in [0.1, 0.15) is 174 Å². The van der Waals surface area contributed by atoms with Crippen LogP contribution in [0.5, 0.6) is 0 Å². The fourth-order valence-electron chi connectivity index (χ4n) is 20.3. The summed E-state index contributed by atoms with van der Waals surface area (Å²) >= 11 is 0. The third-order valence-electron chi connectivity index (χ3n) is 28.5. The number of hydrogen-bond donors (Lipinski definition) is 4. The molecule has 8 aromatic rings. The molecule has 7 aliphatic heterocycles. The number of ether oxygens (including phenoxy) is 6. The second-order valence-electron chi connectivity index (χ2n) is 37.7. The number of Topliss-reactive ketones (excluding diaryl/α,β-unsaturated/α-hetero) is 3. The van der Waals surface area contributed by atoms with E-state index in [1.54, 1.807) is 95.0 Å². The standard InChI is InChI=1S/C99H124N20O16/c1-58-16-12-11-13-17-59(2)79(130-8)46-74-23-19-64(7)99(129,135-74)87(123)93(126)118-29-15-14-18-76(118)94(127)133-80(47-77(120)60(3)41-63(6)85(122)86(132-10)84(121)62(5)40-58)61(4)42-65-21-24-78(81(44-65)131-9)134-98(128)117-31-27-75-73(56-117)53-107-97(110-75)115-38-36-114(37-39-115)96-103-49-71(50-104-96)91(124)112-32-34-113(35-33-112)95-105-51-72(52-106-95)92(125)116-30-26-67-43-66(20-22-69(67)55-116)54-119-90-82(88(100)108-57-109-90)83(111-119)70-45-68-25-28-101-89(68)102-48-70/h11-13,16-17,20,22,25,28,41,43,45,48-53,57-58,60-62,64-65,74,76,78-81,85-86,122,129H,14-15,18-19,21,23-24,26-27,29-40,42,44,46-47,54-56H2,1-10H3,(H,101,102)(H2,100,108,109)/b13-11+,16-12+,59-17+,63-41+/t58-,60-,61-,62-,64-,65+,74+,76+,78-,79+,80+,81-,85-,86+,99-/m1/s1. The molecule has 0 unspecified atom stereocenters. The first-order chi connectivity index (χ1) is 65.1. The van der Waals surface area contributed by atoms with E-state index in [0.717, 1.165) is 50.1 Å². The van der Waals surface area contributed by atoms with Crippen molar-refractivity contribution in [1.29, 1.82) is 0 Å². The van der Waals surface area contributed by atoms with Gasteiger partial charge in [-0.15, -0.1) is 0 Å². The fourth-order valence-corrected chi connectivity index (χ4v) is 20.3. The van der Waals surface area contributed by atoms with Crippen molar-refractivity contribution in [3.63, 3.8) is 0 Å². The second kappa shape index (κ2) is 42.4. The van der Waals surface area contributed by atoms with E-state index in [1.807, 2.05) is 84.0 Å². The molecule has 15 atom stereocenters. The van der Waals surface area contributed by atoms with Crippen molar-refractivity contribution in [3.05, 3.63) is 167 Å². The highest BCUT2D eigenvalue weighted by molar-refractivity contribution is 6.39. The molecule has 135 heavy (non-hydrogen) atoms. The molecule has 2 bridgehead atoms. The number of nitrogens with two attached hydrogens (primary N) is 1. The number of carbonyl (C=O) groups is 8. The zero-order valence-corrected chi connectivity index (χ0v) is 78.6. The van der Waals surface area contributed by atoms with Crippen LogP contribution in [0.2, 0.25) is 0 Å². The lowest BCUT2D eigenvalue weighted by atomic mass is 9.78. The van der Waals surface area contributed by atoms with Crippen molar-refractivity contribution in [2.24, 2.45) is 35.5 Å². The zero-order chi connectivity index (χ0) is 95.0. The summed E-state index contributed by atoms with van der Waals surface area (Å²) < 4.78 is 38.5. The van der Waals surface area contributed by atoms with Gasteiger partial charge >= 0.3 is 12.1 Å². The quantitative estimate of drug-likeness (QED) is 0.0421. The van der Waals surface area contributed by atoms with Crippen molar-refractivity contribution in [1.82, 2.24) is 79.2 Å². The number of esters is 1. The number of H-pyrrole nitrogens is 1. The summed E-state index contributed by atoms with van der Waals surface area (Å²) in [5, 5.41) is 30.5.